The highest BCUT2D eigenvalue weighted by atomic mass is 16.5. The molecule has 0 spiro atoms. The molecule has 0 unspecified atom stereocenters. The van der Waals surface area contributed by atoms with Gasteiger partial charge in [0.15, 0.2) is 5.75 Å². The summed E-state index contributed by atoms with van der Waals surface area (Å²) < 4.78 is 12.7. The number of hydrogen-bond acceptors (Lipinski definition) is 6. The minimum atomic E-state index is -0.454. The van der Waals surface area contributed by atoms with Crippen LogP contribution in [0.2, 0.25) is 0 Å². The van der Waals surface area contributed by atoms with Crippen LogP contribution in [-0.4, -0.2) is 65.7 Å². The van der Waals surface area contributed by atoms with Crippen LogP contribution >= 0.6 is 0 Å². The van der Waals surface area contributed by atoms with Crippen molar-refractivity contribution < 1.29 is 24.2 Å². The number of rotatable bonds is 10. The molecule has 6 rings (SSSR count). The molecule has 1 heterocycles. The first-order chi connectivity index (χ1) is 23.8. The van der Waals surface area contributed by atoms with Gasteiger partial charge in [0.25, 0.3) is 5.91 Å². The van der Waals surface area contributed by atoms with Crippen molar-refractivity contribution in [2.45, 2.75) is 32.5 Å². The maximum Gasteiger partial charge on any atom is 0.323 e. The van der Waals surface area contributed by atoms with Gasteiger partial charge in [-0.1, -0.05) is 79.7 Å². The van der Waals surface area contributed by atoms with Gasteiger partial charge >= 0.3 is 6.03 Å². The number of nitrogens with zero attached hydrogens (tertiary/aromatic N) is 2. The highest BCUT2D eigenvalue weighted by Crippen LogP contribution is 2.35. The Hall–Kier alpha value is -5.38. The number of likely N-dealkylation sites (N-methyl/N-ethyl adjacent to an activating group) is 1. The number of aliphatic hydroxyl groups excluding tert-OH is 1. The van der Waals surface area contributed by atoms with Crippen molar-refractivity contribution in [1.82, 2.24) is 9.80 Å². The van der Waals surface area contributed by atoms with Crippen LogP contribution in [0.25, 0.3) is 10.8 Å². The Kier molecular flexibility index (Phi) is 10.4. The SMILES string of the molecule is C[C@@H]1CN([C@H](C)CO)C(=O)c2cccc(NC(=O)Nc3cccc4ccccc34)c2O[C@@H]1CN(C)Cc1ccc(Oc2ccccc2)cc1. The zero-order valence-electron chi connectivity index (χ0n) is 28.0. The average molecular weight is 659 g/mol. The van der Waals surface area contributed by atoms with E-state index in [0.29, 0.717) is 42.3 Å². The largest absolute Gasteiger partial charge is 0.486 e. The number of ether oxygens (including phenoxy) is 2. The number of anilines is 2. The van der Waals surface area contributed by atoms with Crippen molar-refractivity contribution in [1.29, 1.82) is 0 Å². The molecule has 3 amide bonds. The molecule has 9 nitrogen and oxygen atoms in total. The van der Waals surface area contributed by atoms with E-state index in [2.05, 4.69) is 15.5 Å². The summed E-state index contributed by atoms with van der Waals surface area (Å²) in [5, 5.41) is 17.9. The third kappa shape index (κ3) is 8.02. The number of hydrogen-bond donors (Lipinski definition) is 3. The third-order valence-electron chi connectivity index (χ3n) is 8.82. The van der Waals surface area contributed by atoms with Crippen molar-refractivity contribution in [3.8, 4) is 17.2 Å². The van der Waals surface area contributed by atoms with Gasteiger partial charge in [-0.05, 0) is 67.4 Å². The summed E-state index contributed by atoms with van der Waals surface area (Å²) in [5.74, 6) is 1.51. The van der Waals surface area contributed by atoms with Crippen molar-refractivity contribution in [3.05, 3.63) is 126 Å². The van der Waals surface area contributed by atoms with Gasteiger partial charge in [-0.15, -0.1) is 0 Å². The average Bonchev–Trinajstić information content (AvgIpc) is 3.11. The topological polar surface area (TPSA) is 103 Å². The van der Waals surface area contributed by atoms with Crippen LogP contribution in [-0.2, 0) is 6.54 Å². The fourth-order valence-corrected chi connectivity index (χ4v) is 6.14. The second-order valence-corrected chi connectivity index (χ2v) is 12.7. The summed E-state index contributed by atoms with van der Waals surface area (Å²) in [4.78, 5) is 31.2. The second-order valence-electron chi connectivity index (χ2n) is 12.7. The molecule has 0 radical (unpaired) electrons. The Balaban J connectivity index is 1.22. The van der Waals surface area contributed by atoms with Crippen LogP contribution in [0.5, 0.6) is 17.2 Å². The quantitative estimate of drug-likeness (QED) is 0.143. The number of benzene rings is 5. The van der Waals surface area contributed by atoms with Gasteiger partial charge in [0, 0.05) is 30.9 Å². The first kappa shape index (κ1) is 33.5. The molecule has 3 atom stereocenters. The molecule has 0 fully saturated rings. The van der Waals surface area contributed by atoms with Gasteiger partial charge < -0.3 is 30.1 Å². The number of carbonyl (C=O) groups excluding carboxylic acids is 2. The lowest BCUT2D eigenvalue weighted by Gasteiger charge is -2.38. The Labute approximate surface area is 287 Å². The van der Waals surface area contributed by atoms with Gasteiger partial charge in [0.05, 0.1) is 29.6 Å². The normalized spacial score (nSPS) is 16.7. The van der Waals surface area contributed by atoms with Crippen LogP contribution in [0.4, 0.5) is 16.2 Å². The molecule has 0 bridgehead atoms. The van der Waals surface area contributed by atoms with Crippen LogP contribution in [0.3, 0.4) is 0 Å². The number of aliphatic hydroxyl groups is 1. The van der Waals surface area contributed by atoms with E-state index in [0.717, 1.165) is 27.8 Å². The zero-order valence-corrected chi connectivity index (χ0v) is 28.0. The smallest absolute Gasteiger partial charge is 0.323 e. The highest BCUT2D eigenvalue weighted by molar-refractivity contribution is 6.08. The Bertz CT molecular complexity index is 1890. The second kappa shape index (κ2) is 15.2. The van der Waals surface area contributed by atoms with Crippen molar-refractivity contribution in [2.24, 2.45) is 5.92 Å². The van der Waals surface area contributed by atoms with Crippen LogP contribution in [0.1, 0.15) is 29.8 Å². The summed E-state index contributed by atoms with van der Waals surface area (Å²) in [6.45, 7) is 5.33. The fourth-order valence-electron chi connectivity index (χ4n) is 6.14. The van der Waals surface area contributed by atoms with E-state index in [-0.39, 0.29) is 24.5 Å². The monoisotopic (exact) mass is 658 g/mol. The Morgan fingerprint density at radius 3 is 2.33 bits per heavy atom. The molecule has 1 aliphatic heterocycles. The van der Waals surface area contributed by atoms with E-state index in [1.54, 1.807) is 23.1 Å². The highest BCUT2D eigenvalue weighted by Gasteiger charge is 2.34. The van der Waals surface area contributed by atoms with Gasteiger partial charge in [0.2, 0.25) is 0 Å². The van der Waals surface area contributed by atoms with Crippen molar-refractivity contribution in [3.63, 3.8) is 0 Å². The number of amides is 3. The molecular formula is C40H42N4O5. The predicted octanol–water partition coefficient (Wildman–Crippen LogP) is 7.63. The molecular weight excluding hydrogens is 616 g/mol. The molecule has 9 heteroatoms. The molecule has 5 aromatic carbocycles. The van der Waals surface area contributed by atoms with E-state index in [9.17, 15) is 14.7 Å². The van der Waals surface area contributed by atoms with E-state index in [1.165, 1.54) is 0 Å². The molecule has 5 aromatic rings. The van der Waals surface area contributed by atoms with Crippen LogP contribution < -0.4 is 20.1 Å². The summed E-state index contributed by atoms with van der Waals surface area (Å²) in [6, 6.07) is 35.6. The molecule has 3 N–H and O–H groups in total. The summed E-state index contributed by atoms with van der Waals surface area (Å²) >= 11 is 0. The van der Waals surface area contributed by atoms with E-state index in [1.807, 2.05) is 118 Å². The lowest BCUT2D eigenvalue weighted by atomic mass is 9.99. The number of carbonyl (C=O) groups is 2. The first-order valence-corrected chi connectivity index (χ1v) is 16.6. The summed E-state index contributed by atoms with van der Waals surface area (Å²) in [5.41, 5.74) is 2.50. The zero-order chi connectivity index (χ0) is 34.3. The predicted molar refractivity (Wildman–Crippen MR) is 193 cm³/mol. The van der Waals surface area contributed by atoms with Gasteiger partial charge in [-0.25, -0.2) is 4.79 Å². The van der Waals surface area contributed by atoms with E-state index in [4.69, 9.17) is 9.47 Å². The minimum absolute atomic E-state index is 0.0900. The van der Waals surface area contributed by atoms with Crippen LogP contribution in [0.15, 0.2) is 115 Å². The molecule has 252 valence electrons. The number of nitrogens with one attached hydrogen (secondary N) is 2. The van der Waals surface area contributed by atoms with E-state index >= 15 is 0 Å². The van der Waals surface area contributed by atoms with Crippen molar-refractivity contribution in [2.75, 3.05) is 37.4 Å². The maximum atomic E-state index is 13.9. The Morgan fingerprint density at radius 2 is 1.55 bits per heavy atom. The maximum absolute atomic E-state index is 13.9. The van der Waals surface area contributed by atoms with Crippen LogP contribution in [0, 0.1) is 5.92 Å². The molecule has 0 aromatic heterocycles. The number of fused-ring (bicyclic) bond motifs is 2. The Morgan fingerprint density at radius 1 is 0.898 bits per heavy atom. The van der Waals surface area contributed by atoms with Gasteiger partial charge in [0.1, 0.15) is 17.6 Å². The van der Waals surface area contributed by atoms with Gasteiger partial charge in [-0.3, -0.25) is 9.69 Å². The molecule has 1 aliphatic rings. The standard InChI is InChI=1S/C40H42N4O5/c1-27-23-44(28(2)26-45)39(46)34-16-10-18-36(42-40(47)41-35-17-9-12-30-11-7-8-15-33(30)35)38(34)49-37(27)25-43(3)24-29-19-21-32(22-20-29)48-31-13-5-4-6-14-31/h4-22,27-28,37,45H,23-26H2,1-3H3,(H2,41,42,47)/t27-,28-,37-/m1/s1. The van der Waals surface area contributed by atoms with Crippen molar-refractivity contribution >= 4 is 34.1 Å². The summed E-state index contributed by atoms with van der Waals surface area (Å²) in [6.07, 6.45) is -0.338. The lowest BCUT2D eigenvalue weighted by Crippen LogP contribution is -2.49. The molecule has 0 saturated heterocycles. The number of para-hydroxylation sites is 2. The minimum Gasteiger partial charge on any atom is -0.486 e. The molecule has 0 aliphatic carbocycles. The fraction of sp³-hybridized carbons (Fsp3) is 0.250. The van der Waals surface area contributed by atoms with E-state index < -0.39 is 12.1 Å². The third-order valence-corrected chi connectivity index (χ3v) is 8.82. The first-order valence-electron chi connectivity index (χ1n) is 16.6. The summed E-state index contributed by atoms with van der Waals surface area (Å²) in [7, 11) is 2.03. The lowest BCUT2D eigenvalue weighted by molar-refractivity contribution is 0.0343. The molecule has 49 heavy (non-hydrogen) atoms. The number of urea groups is 1. The van der Waals surface area contributed by atoms with Gasteiger partial charge in [-0.2, -0.15) is 0 Å². The molecule has 0 saturated carbocycles.